The molecular weight excluding hydrogens is 342 g/mol. The van der Waals surface area contributed by atoms with Crippen molar-refractivity contribution < 1.29 is 0 Å². The van der Waals surface area contributed by atoms with Crippen molar-refractivity contribution in [3.63, 3.8) is 0 Å². The topological polar surface area (TPSA) is 39.6 Å². The third kappa shape index (κ3) is 1.58. The van der Waals surface area contributed by atoms with Crippen LogP contribution in [0.1, 0.15) is 5.69 Å². The summed E-state index contributed by atoms with van der Waals surface area (Å²) in [5.74, 6) is 0. The van der Waals surface area contributed by atoms with E-state index in [2.05, 4.69) is 50.2 Å². The average molecular weight is 344 g/mol. The fourth-order valence-electron chi connectivity index (χ4n) is 0.464. The second-order valence-electron chi connectivity index (χ2n) is 1.46. The summed E-state index contributed by atoms with van der Waals surface area (Å²) in [4.78, 5) is 2.91. The van der Waals surface area contributed by atoms with Gasteiger partial charge < -0.3 is 4.98 Å². The minimum Gasteiger partial charge on any atom is -0.341 e. The van der Waals surface area contributed by atoms with Crippen LogP contribution in [0.3, 0.4) is 0 Å². The Labute approximate surface area is 79.9 Å². The van der Waals surface area contributed by atoms with E-state index < -0.39 is 0 Å². The highest BCUT2D eigenvalue weighted by atomic mass is 127. The van der Waals surface area contributed by atoms with Gasteiger partial charge >= 0.3 is 0 Å². The number of rotatable bonds is 0. The zero-order chi connectivity index (χ0) is 6.85. The predicted molar refractivity (Wildman–Crippen MR) is 50.9 cm³/mol. The van der Waals surface area contributed by atoms with Gasteiger partial charge in [0.05, 0.1) is 3.70 Å². The van der Waals surface area contributed by atoms with Gasteiger partial charge in [-0.15, -0.1) is 0 Å². The maximum absolute atomic E-state index is 8.39. The molecule has 0 amide bonds. The first-order chi connectivity index (χ1) is 4.24. The Bertz CT molecular complexity index is 239. The molecule has 0 saturated carbocycles. The SMILES string of the molecule is N#Cc1cc(I)c(I)[nH]1. The number of nitriles is 1. The summed E-state index contributed by atoms with van der Waals surface area (Å²) in [5, 5.41) is 8.39. The summed E-state index contributed by atoms with van der Waals surface area (Å²) in [6, 6.07) is 3.85. The lowest BCUT2D eigenvalue weighted by molar-refractivity contribution is 1.29. The number of H-pyrrole nitrogens is 1. The van der Waals surface area contributed by atoms with Gasteiger partial charge in [-0.2, -0.15) is 5.26 Å². The second kappa shape index (κ2) is 2.88. The quantitative estimate of drug-likeness (QED) is 0.720. The van der Waals surface area contributed by atoms with Crippen molar-refractivity contribution in [1.29, 1.82) is 5.26 Å². The van der Waals surface area contributed by atoms with Crippen LogP contribution in [0.15, 0.2) is 6.07 Å². The van der Waals surface area contributed by atoms with E-state index in [4.69, 9.17) is 5.26 Å². The van der Waals surface area contributed by atoms with Crippen molar-refractivity contribution in [2.75, 3.05) is 0 Å². The van der Waals surface area contributed by atoms with Crippen LogP contribution in [0.5, 0.6) is 0 Å². The first kappa shape index (κ1) is 7.34. The highest BCUT2D eigenvalue weighted by Gasteiger charge is 1.99. The highest BCUT2D eigenvalue weighted by Crippen LogP contribution is 2.14. The summed E-state index contributed by atoms with van der Waals surface area (Å²) >= 11 is 4.33. The lowest BCUT2D eigenvalue weighted by Crippen LogP contribution is -1.71. The minimum atomic E-state index is 0.629. The standard InChI is InChI=1S/C5H2I2N2/c6-4-1-3(2-8)9-5(4)7/h1,9H. The summed E-state index contributed by atoms with van der Waals surface area (Å²) in [6.45, 7) is 0. The van der Waals surface area contributed by atoms with Crippen LogP contribution >= 0.6 is 45.2 Å². The highest BCUT2D eigenvalue weighted by molar-refractivity contribution is 14.1. The van der Waals surface area contributed by atoms with Crippen molar-refractivity contribution in [3.8, 4) is 6.07 Å². The molecule has 0 aliphatic heterocycles. The maximum Gasteiger partial charge on any atom is 0.119 e. The summed E-state index contributed by atoms with van der Waals surface area (Å²) in [5.41, 5.74) is 0.629. The molecule has 0 aliphatic rings. The molecular formula is C5H2I2N2. The fraction of sp³-hybridized carbons (Fsp3) is 0. The smallest absolute Gasteiger partial charge is 0.119 e. The zero-order valence-electron chi connectivity index (χ0n) is 4.28. The van der Waals surface area contributed by atoms with E-state index in [0.717, 1.165) is 7.27 Å². The van der Waals surface area contributed by atoms with E-state index in [0.29, 0.717) is 5.69 Å². The first-order valence-electron chi connectivity index (χ1n) is 2.18. The normalized spacial score (nSPS) is 9.00. The number of aromatic amines is 1. The summed E-state index contributed by atoms with van der Waals surface area (Å²) in [6.07, 6.45) is 0. The molecule has 0 spiro atoms. The van der Waals surface area contributed by atoms with Crippen molar-refractivity contribution in [2.45, 2.75) is 0 Å². The average Bonchev–Trinajstić information content (AvgIpc) is 2.13. The molecule has 0 atom stereocenters. The monoisotopic (exact) mass is 344 g/mol. The zero-order valence-corrected chi connectivity index (χ0v) is 8.60. The Balaban J connectivity index is 3.16. The molecule has 4 heteroatoms. The van der Waals surface area contributed by atoms with Gasteiger partial charge in [0.2, 0.25) is 0 Å². The molecule has 0 bridgehead atoms. The number of hydrogen-bond acceptors (Lipinski definition) is 1. The van der Waals surface area contributed by atoms with Crippen LogP contribution in [0.2, 0.25) is 0 Å². The number of nitrogens with zero attached hydrogens (tertiary/aromatic N) is 1. The van der Waals surface area contributed by atoms with E-state index in [-0.39, 0.29) is 0 Å². The molecule has 0 aromatic carbocycles. The number of hydrogen-bond donors (Lipinski definition) is 1. The van der Waals surface area contributed by atoms with E-state index in [1.807, 2.05) is 12.1 Å². The Morgan fingerprint density at radius 3 is 2.44 bits per heavy atom. The van der Waals surface area contributed by atoms with E-state index in [1.165, 1.54) is 0 Å². The molecule has 1 rings (SSSR count). The lowest BCUT2D eigenvalue weighted by atomic mass is 10.5. The summed E-state index contributed by atoms with van der Waals surface area (Å²) < 4.78 is 2.13. The lowest BCUT2D eigenvalue weighted by Gasteiger charge is -1.77. The van der Waals surface area contributed by atoms with Gasteiger partial charge in [0, 0.05) is 3.57 Å². The van der Waals surface area contributed by atoms with Crippen LogP contribution < -0.4 is 0 Å². The van der Waals surface area contributed by atoms with Crippen molar-refractivity contribution in [3.05, 3.63) is 19.0 Å². The summed E-state index contributed by atoms with van der Waals surface area (Å²) in [7, 11) is 0. The molecule has 2 nitrogen and oxygen atoms in total. The molecule has 0 fully saturated rings. The predicted octanol–water partition coefficient (Wildman–Crippen LogP) is 2.10. The first-order valence-corrected chi connectivity index (χ1v) is 4.34. The van der Waals surface area contributed by atoms with Crippen LogP contribution in [-0.4, -0.2) is 4.98 Å². The molecule has 1 N–H and O–H groups in total. The van der Waals surface area contributed by atoms with Crippen molar-refractivity contribution in [1.82, 2.24) is 4.98 Å². The van der Waals surface area contributed by atoms with Gasteiger partial charge in [-0.05, 0) is 51.2 Å². The maximum atomic E-state index is 8.39. The Morgan fingerprint density at radius 1 is 1.56 bits per heavy atom. The van der Waals surface area contributed by atoms with Crippen molar-refractivity contribution >= 4 is 45.2 Å². The minimum absolute atomic E-state index is 0.629. The molecule has 46 valence electrons. The molecule has 0 saturated heterocycles. The Hall–Kier alpha value is 0.230. The van der Waals surface area contributed by atoms with E-state index in [1.54, 1.807) is 0 Å². The Morgan fingerprint density at radius 2 is 2.22 bits per heavy atom. The van der Waals surface area contributed by atoms with Crippen LogP contribution in [0, 0.1) is 18.6 Å². The molecule has 9 heavy (non-hydrogen) atoms. The van der Waals surface area contributed by atoms with Gasteiger partial charge in [0.15, 0.2) is 0 Å². The van der Waals surface area contributed by atoms with Gasteiger partial charge in [0.25, 0.3) is 0 Å². The number of nitrogens with one attached hydrogen (secondary N) is 1. The van der Waals surface area contributed by atoms with Gasteiger partial charge in [0.1, 0.15) is 11.8 Å². The third-order valence-corrected chi connectivity index (χ3v) is 3.58. The van der Waals surface area contributed by atoms with Gasteiger partial charge in [-0.1, -0.05) is 0 Å². The molecule has 0 aliphatic carbocycles. The van der Waals surface area contributed by atoms with Crippen molar-refractivity contribution in [2.24, 2.45) is 0 Å². The van der Waals surface area contributed by atoms with Crippen LogP contribution in [0.25, 0.3) is 0 Å². The van der Waals surface area contributed by atoms with Gasteiger partial charge in [-0.25, -0.2) is 0 Å². The Kier molecular flexibility index (Phi) is 2.35. The van der Waals surface area contributed by atoms with Crippen LogP contribution in [-0.2, 0) is 0 Å². The second-order valence-corrected chi connectivity index (χ2v) is 3.70. The van der Waals surface area contributed by atoms with Gasteiger partial charge in [-0.3, -0.25) is 0 Å². The molecule has 0 radical (unpaired) electrons. The van der Waals surface area contributed by atoms with Crippen LogP contribution in [0.4, 0.5) is 0 Å². The molecule has 1 heterocycles. The van der Waals surface area contributed by atoms with E-state index in [9.17, 15) is 0 Å². The van der Waals surface area contributed by atoms with E-state index >= 15 is 0 Å². The molecule has 0 unspecified atom stereocenters. The molecule has 1 aromatic rings. The number of aromatic nitrogens is 1. The largest absolute Gasteiger partial charge is 0.341 e. The fourth-order valence-corrected chi connectivity index (χ4v) is 1.36. The number of halogens is 2. The third-order valence-electron chi connectivity index (χ3n) is 0.846. The molecule has 1 aromatic heterocycles.